The summed E-state index contributed by atoms with van der Waals surface area (Å²) in [6, 6.07) is 0. The quantitative estimate of drug-likeness (QED) is 0.196. The Kier molecular flexibility index (Phi) is 13.5. The van der Waals surface area contributed by atoms with Gasteiger partial charge >= 0.3 is 53.7 Å². The number of hydrogen-bond donors (Lipinski definition) is 4. The number of rotatable bonds is 10. The topological polar surface area (TPSA) is 115 Å². The number of halogens is 17. The Morgan fingerprint density at radius 1 is 0.590 bits per heavy atom. The summed E-state index contributed by atoms with van der Waals surface area (Å²) < 4.78 is 213. The SMILES string of the molecule is C=C(F)C(=O)O.C=C(F)C(=O)O.OCC(O)CC(F)(F)C(F)(F)C(F)(F)C(F)(F)C(F)(F)C(F)(F)C(F)(F)F. The zero-order valence-corrected chi connectivity index (χ0v) is 17.9. The predicted octanol–water partition coefficient (Wildman–Crippen LogP) is 5.21. The molecule has 0 bridgehead atoms. The van der Waals surface area contributed by atoms with Crippen molar-refractivity contribution in [1.82, 2.24) is 0 Å². The summed E-state index contributed by atoms with van der Waals surface area (Å²) in [4.78, 5) is 18.4. The van der Waals surface area contributed by atoms with Gasteiger partial charge in [0.25, 0.3) is 0 Å². The van der Waals surface area contributed by atoms with E-state index in [0.717, 1.165) is 0 Å². The molecule has 1 unspecified atom stereocenters. The van der Waals surface area contributed by atoms with E-state index in [4.69, 9.17) is 20.4 Å². The minimum Gasteiger partial charge on any atom is -0.476 e. The maximum Gasteiger partial charge on any atom is 0.460 e. The lowest BCUT2D eigenvalue weighted by Gasteiger charge is -2.41. The van der Waals surface area contributed by atoms with Crippen LogP contribution in [0.2, 0.25) is 0 Å². The van der Waals surface area contributed by atoms with E-state index in [1.165, 1.54) is 0 Å². The van der Waals surface area contributed by atoms with Crippen molar-refractivity contribution in [1.29, 1.82) is 0 Å². The maximum absolute atomic E-state index is 13.2. The molecule has 0 spiro atoms. The minimum absolute atomic E-state index is 1.32. The molecular weight excluding hydrogens is 611 g/mol. The van der Waals surface area contributed by atoms with Crippen molar-refractivity contribution in [3.63, 3.8) is 0 Å². The predicted molar refractivity (Wildman–Crippen MR) is 89.2 cm³/mol. The van der Waals surface area contributed by atoms with Crippen LogP contribution < -0.4 is 0 Å². The van der Waals surface area contributed by atoms with Gasteiger partial charge in [-0.25, -0.2) is 9.59 Å². The van der Waals surface area contributed by atoms with Crippen LogP contribution in [0.15, 0.2) is 24.8 Å². The molecule has 0 aromatic heterocycles. The summed E-state index contributed by atoms with van der Waals surface area (Å²) in [6.07, 6.45) is -13.6. The molecule has 4 N–H and O–H groups in total. The van der Waals surface area contributed by atoms with Gasteiger partial charge in [0, 0.05) is 6.42 Å². The Hall–Kier alpha value is -2.85. The van der Waals surface area contributed by atoms with Gasteiger partial charge in [0.15, 0.2) is 0 Å². The average Bonchev–Trinajstić information content (AvgIpc) is 2.72. The maximum atomic E-state index is 13.2. The van der Waals surface area contributed by atoms with Crippen molar-refractivity contribution >= 4 is 11.9 Å². The lowest BCUT2D eigenvalue weighted by Crippen LogP contribution is -2.72. The van der Waals surface area contributed by atoms with Gasteiger partial charge < -0.3 is 20.4 Å². The summed E-state index contributed by atoms with van der Waals surface area (Å²) in [5, 5.41) is 31.7. The number of alkyl halides is 15. The second kappa shape index (κ2) is 13.0. The Bertz CT molecular complexity index is 833. The molecule has 0 saturated carbocycles. The van der Waals surface area contributed by atoms with Crippen molar-refractivity contribution in [2.75, 3.05) is 6.61 Å². The molecule has 0 aliphatic rings. The monoisotopic (exact) mass is 624 g/mol. The molecule has 0 aliphatic carbocycles. The minimum atomic E-state index is -8.35. The highest BCUT2D eigenvalue weighted by atomic mass is 19.4. The molecule has 0 saturated heterocycles. The summed E-state index contributed by atoms with van der Waals surface area (Å²) >= 11 is 0. The Balaban J connectivity index is -0.000000889. The van der Waals surface area contributed by atoms with Gasteiger partial charge in [-0.05, 0) is 0 Å². The fourth-order valence-corrected chi connectivity index (χ4v) is 1.49. The number of hydrogen-bond acceptors (Lipinski definition) is 4. The van der Waals surface area contributed by atoms with E-state index in [9.17, 15) is 84.2 Å². The van der Waals surface area contributed by atoms with E-state index in [0.29, 0.717) is 0 Å². The first-order valence-corrected chi connectivity index (χ1v) is 8.52. The molecule has 23 heteroatoms. The molecular formula is C16H13F17O6. The number of aliphatic hydroxyl groups excluding tert-OH is 2. The van der Waals surface area contributed by atoms with Gasteiger partial charge in [-0.1, -0.05) is 13.2 Å². The molecule has 0 fully saturated rings. The average molecular weight is 624 g/mol. The largest absolute Gasteiger partial charge is 0.476 e. The molecule has 232 valence electrons. The molecule has 39 heavy (non-hydrogen) atoms. The number of carbonyl (C=O) groups is 2. The zero-order chi connectivity index (χ0) is 32.8. The Morgan fingerprint density at radius 3 is 1.03 bits per heavy atom. The second-order valence-electron chi connectivity index (χ2n) is 6.53. The van der Waals surface area contributed by atoms with Gasteiger partial charge in [-0.3, -0.25) is 0 Å². The van der Waals surface area contributed by atoms with Gasteiger partial charge in [0.1, 0.15) is 0 Å². The fraction of sp³-hybridized carbons (Fsp3) is 0.625. The van der Waals surface area contributed by atoms with Crippen molar-refractivity contribution < 1.29 is 105 Å². The van der Waals surface area contributed by atoms with Crippen molar-refractivity contribution in [2.45, 2.75) is 54.2 Å². The summed E-state index contributed by atoms with van der Waals surface area (Å²) in [7, 11) is 0. The summed E-state index contributed by atoms with van der Waals surface area (Å²) in [5.74, 6) is -52.9. The van der Waals surface area contributed by atoms with Crippen LogP contribution >= 0.6 is 0 Å². The van der Waals surface area contributed by atoms with Crippen LogP contribution in [0.1, 0.15) is 6.42 Å². The van der Waals surface area contributed by atoms with E-state index >= 15 is 0 Å². The normalized spacial score (nSPS) is 14.2. The van der Waals surface area contributed by atoms with E-state index in [2.05, 4.69) is 13.2 Å². The lowest BCUT2D eigenvalue weighted by atomic mass is 9.89. The molecule has 0 rings (SSSR count). The van der Waals surface area contributed by atoms with E-state index < -0.39 is 84.4 Å². The first kappa shape index (κ1) is 40.6. The third-order valence-corrected chi connectivity index (χ3v) is 3.56. The van der Waals surface area contributed by atoms with Crippen LogP contribution in [0.3, 0.4) is 0 Å². The molecule has 0 amide bonds. The zero-order valence-electron chi connectivity index (χ0n) is 17.9. The van der Waals surface area contributed by atoms with Crippen molar-refractivity contribution in [3.05, 3.63) is 24.8 Å². The van der Waals surface area contributed by atoms with Crippen LogP contribution in [-0.2, 0) is 9.59 Å². The van der Waals surface area contributed by atoms with E-state index in [-0.39, 0.29) is 0 Å². The van der Waals surface area contributed by atoms with Crippen molar-refractivity contribution in [3.8, 4) is 0 Å². The Morgan fingerprint density at radius 2 is 0.821 bits per heavy atom. The number of carboxylic acids is 2. The summed E-state index contributed by atoms with van der Waals surface area (Å²) in [6.45, 7) is 3.14. The first-order chi connectivity index (χ1) is 16.7. The smallest absolute Gasteiger partial charge is 0.460 e. The highest BCUT2D eigenvalue weighted by molar-refractivity contribution is 5.83. The van der Waals surface area contributed by atoms with E-state index in [1.807, 2.05) is 0 Å². The van der Waals surface area contributed by atoms with Gasteiger partial charge in [0.05, 0.1) is 12.7 Å². The van der Waals surface area contributed by atoms with Crippen molar-refractivity contribution in [2.24, 2.45) is 0 Å². The lowest BCUT2D eigenvalue weighted by molar-refractivity contribution is -0.453. The number of aliphatic hydroxyl groups is 2. The molecule has 0 aromatic carbocycles. The van der Waals surface area contributed by atoms with Gasteiger partial charge in [-0.15, -0.1) is 0 Å². The molecule has 0 aliphatic heterocycles. The molecule has 1 atom stereocenters. The summed E-state index contributed by atoms with van der Waals surface area (Å²) in [5.41, 5.74) is 0. The molecule has 6 nitrogen and oxygen atoms in total. The highest BCUT2D eigenvalue weighted by Gasteiger charge is 2.93. The second-order valence-corrected chi connectivity index (χ2v) is 6.53. The fourth-order valence-electron chi connectivity index (χ4n) is 1.49. The third-order valence-electron chi connectivity index (χ3n) is 3.56. The number of aliphatic carboxylic acids is 2. The van der Waals surface area contributed by atoms with E-state index in [1.54, 1.807) is 0 Å². The standard InChI is InChI=1S/C10H7F15O2.2C3H3FO2/c11-4(12,1-3(27)2-26)5(13,14)6(15,16)7(17,18)8(19,20)9(21,22)10(23,24)25;2*1-2(4)3(5)6/h3,26-27H,1-2H2;2*1H2,(H,5,6). The highest BCUT2D eigenvalue weighted by Crippen LogP contribution is 2.62. The first-order valence-electron chi connectivity index (χ1n) is 8.52. The molecule has 0 radical (unpaired) electrons. The van der Waals surface area contributed by atoms with Gasteiger partial charge in [-0.2, -0.15) is 74.6 Å². The van der Waals surface area contributed by atoms with Gasteiger partial charge in [0.2, 0.25) is 11.7 Å². The molecule has 0 aromatic rings. The number of carboxylic acid groups (broad SMARTS) is 2. The molecule has 0 heterocycles. The third kappa shape index (κ3) is 8.83. The van der Waals surface area contributed by atoms with Crippen LogP contribution in [0.4, 0.5) is 74.6 Å². The van der Waals surface area contributed by atoms with Crippen LogP contribution in [-0.4, -0.2) is 86.8 Å². The van der Waals surface area contributed by atoms with Crippen LogP contribution in [0, 0.1) is 0 Å². The Labute approximate surface area is 203 Å². The van der Waals surface area contributed by atoms with Crippen LogP contribution in [0.25, 0.3) is 0 Å². The van der Waals surface area contributed by atoms with Crippen LogP contribution in [0.5, 0.6) is 0 Å².